The van der Waals surface area contributed by atoms with Crippen molar-refractivity contribution in [2.24, 2.45) is 5.92 Å². The Morgan fingerprint density at radius 1 is 1.22 bits per heavy atom. The van der Waals surface area contributed by atoms with Gasteiger partial charge in [0, 0.05) is 30.6 Å². The van der Waals surface area contributed by atoms with Crippen molar-refractivity contribution >= 4 is 28.7 Å². The number of aromatic nitrogens is 1. The van der Waals surface area contributed by atoms with Crippen LogP contribution >= 0.6 is 0 Å². The van der Waals surface area contributed by atoms with E-state index in [0.29, 0.717) is 13.0 Å². The van der Waals surface area contributed by atoms with Crippen LogP contribution in [0.25, 0.3) is 10.9 Å². The number of benzene rings is 1. The SMILES string of the molecule is O=C1CN(CC(=O)N2C[C@@H](Cc3ccnc4ccccc34)[C@H](O)C2)C(=O)N1. The van der Waals surface area contributed by atoms with Gasteiger partial charge >= 0.3 is 6.03 Å². The molecule has 1 aromatic carbocycles. The second-order valence-electron chi connectivity index (χ2n) is 7.03. The lowest BCUT2D eigenvalue weighted by Crippen LogP contribution is -2.41. The highest BCUT2D eigenvalue weighted by Crippen LogP contribution is 2.25. The molecule has 2 atom stereocenters. The average Bonchev–Trinajstić information content (AvgIpc) is 3.17. The molecule has 8 heteroatoms. The van der Waals surface area contributed by atoms with Gasteiger partial charge in [0.15, 0.2) is 0 Å². The van der Waals surface area contributed by atoms with Crippen molar-refractivity contribution in [1.82, 2.24) is 20.1 Å². The summed E-state index contributed by atoms with van der Waals surface area (Å²) in [5.74, 6) is -0.758. The van der Waals surface area contributed by atoms with Crippen molar-refractivity contribution in [3.8, 4) is 0 Å². The minimum absolute atomic E-state index is 0.0891. The number of pyridine rings is 1. The highest BCUT2D eigenvalue weighted by atomic mass is 16.3. The van der Waals surface area contributed by atoms with Crippen molar-refractivity contribution in [3.05, 3.63) is 42.1 Å². The van der Waals surface area contributed by atoms with Crippen LogP contribution in [0.5, 0.6) is 0 Å². The molecule has 4 rings (SSSR count). The molecule has 140 valence electrons. The summed E-state index contributed by atoms with van der Waals surface area (Å²) in [5.41, 5.74) is 1.99. The number of carbonyl (C=O) groups excluding carboxylic acids is 3. The van der Waals surface area contributed by atoms with E-state index in [0.717, 1.165) is 16.5 Å². The van der Waals surface area contributed by atoms with E-state index in [1.807, 2.05) is 30.3 Å². The van der Waals surface area contributed by atoms with Gasteiger partial charge in [0.05, 0.1) is 11.6 Å². The number of para-hydroxylation sites is 1. The Labute approximate surface area is 155 Å². The van der Waals surface area contributed by atoms with E-state index in [-0.39, 0.29) is 31.5 Å². The van der Waals surface area contributed by atoms with Crippen LogP contribution in [0.1, 0.15) is 5.56 Å². The average molecular weight is 368 g/mol. The number of rotatable bonds is 4. The molecule has 0 bridgehead atoms. The van der Waals surface area contributed by atoms with Gasteiger partial charge in [-0.05, 0) is 24.1 Å². The van der Waals surface area contributed by atoms with Crippen LogP contribution in [-0.4, -0.2) is 70.0 Å². The number of fused-ring (bicyclic) bond motifs is 1. The smallest absolute Gasteiger partial charge is 0.325 e. The van der Waals surface area contributed by atoms with Gasteiger partial charge in [0.2, 0.25) is 11.8 Å². The molecule has 0 radical (unpaired) electrons. The first-order chi connectivity index (χ1) is 13.0. The second kappa shape index (κ2) is 6.96. The summed E-state index contributed by atoms with van der Waals surface area (Å²) >= 11 is 0. The van der Waals surface area contributed by atoms with E-state index < -0.39 is 18.0 Å². The third-order valence-corrected chi connectivity index (χ3v) is 5.17. The van der Waals surface area contributed by atoms with Crippen molar-refractivity contribution in [1.29, 1.82) is 0 Å². The monoisotopic (exact) mass is 368 g/mol. The van der Waals surface area contributed by atoms with E-state index in [9.17, 15) is 19.5 Å². The van der Waals surface area contributed by atoms with E-state index >= 15 is 0 Å². The number of urea groups is 1. The molecule has 3 heterocycles. The van der Waals surface area contributed by atoms with Crippen LogP contribution in [0.3, 0.4) is 0 Å². The molecule has 2 aliphatic heterocycles. The molecule has 2 saturated heterocycles. The maximum absolute atomic E-state index is 12.5. The van der Waals surface area contributed by atoms with Gasteiger partial charge in [0.1, 0.15) is 13.1 Å². The van der Waals surface area contributed by atoms with Gasteiger partial charge in [-0.2, -0.15) is 0 Å². The predicted molar refractivity (Wildman–Crippen MR) is 96.6 cm³/mol. The fraction of sp³-hybridized carbons (Fsp3) is 0.368. The molecule has 2 aliphatic rings. The number of aliphatic hydroxyl groups excluding tert-OH is 1. The Morgan fingerprint density at radius 2 is 2.04 bits per heavy atom. The number of likely N-dealkylation sites (tertiary alicyclic amines) is 1. The van der Waals surface area contributed by atoms with Gasteiger partial charge < -0.3 is 14.9 Å². The van der Waals surface area contributed by atoms with Crippen LogP contribution in [-0.2, 0) is 16.0 Å². The van der Waals surface area contributed by atoms with Crippen LogP contribution < -0.4 is 5.32 Å². The number of carbonyl (C=O) groups is 3. The first kappa shape index (κ1) is 17.4. The molecule has 1 aromatic heterocycles. The van der Waals surface area contributed by atoms with Crippen LogP contribution in [0, 0.1) is 5.92 Å². The Morgan fingerprint density at radius 3 is 2.81 bits per heavy atom. The Balaban J connectivity index is 1.43. The Hall–Kier alpha value is -3.00. The lowest BCUT2D eigenvalue weighted by molar-refractivity contribution is -0.131. The number of β-amino-alcohol motifs (C(OH)–C–C–N with tert-alkyl or cyclic N) is 1. The highest BCUT2D eigenvalue weighted by molar-refractivity contribution is 6.03. The molecular formula is C19H20N4O4. The van der Waals surface area contributed by atoms with Crippen molar-refractivity contribution in [2.45, 2.75) is 12.5 Å². The Kier molecular flexibility index (Phi) is 4.49. The minimum atomic E-state index is -0.630. The molecule has 4 amide bonds. The zero-order valence-corrected chi connectivity index (χ0v) is 14.7. The lowest BCUT2D eigenvalue weighted by Gasteiger charge is -2.20. The molecule has 27 heavy (non-hydrogen) atoms. The molecule has 2 aromatic rings. The maximum Gasteiger partial charge on any atom is 0.325 e. The van der Waals surface area contributed by atoms with Gasteiger partial charge in [-0.3, -0.25) is 19.9 Å². The fourth-order valence-corrected chi connectivity index (χ4v) is 3.75. The fourth-order valence-electron chi connectivity index (χ4n) is 3.75. The number of nitrogens with one attached hydrogen (secondary N) is 1. The number of hydrogen-bond acceptors (Lipinski definition) is 5. The van der Waals surface area contributed by atoms with E-state index in [4.69, 9.17) is 0 Å². The quantitative estimate of drug-likeness (QED) is 0.748. The van der Waals surface area contributed by atoms with E-state index in [1.165, 1.54) is 4.90 Å². The van der Waals surface area contributed by atoms with Crippen molar-refractivity contribution < 1.29 is 19.5 Å². The van der Waals surface area contributed by atoms with Crippen LogP contribution in [0.2, 0.25) is 0 Å². The van der Waals surface area contributed by atoms with Crippen molar-refractivity contribution in [3.63, 3.8) is 0 Å². The molecular weight excluding hydrogens is 348 g/mol. The summed E-state index contributed by atoms with van der Waals surface area (Å²) in [4.78, 5) is 42.4. The third-order valence-electron chi connectivity index (χ3n) is 5.17. The summed E-state index contributed by atoms with van der Waals surface area (Å²) in [6.07, 6.45) is 1.76. The zero-order valence-electron chi connectivity index (χ0n) is 14.7. The standard InChI is InChI=1S/C19H20N4O4/c24-16-9-22(18(26)11-23-10-17(25)21-19(23)27)8-13(16)7-12-5-6-20-15-4-2-1-3-14(12)15/h1-6,13,16,24H,7-11H2,(H,21,25,27)/t13-,16-/m1/s1. The minimum Gasteiger partial charge on any atom is -0.391 e. The van der Waals surface area contributed by atoms with Gasteiger partial charge in [-0.25, -0.2) is 4.79 Å². The molecule has 2 fully saturated rings. The number of amides is 4. The van der Waals surface area contributed by atoms with Gasteiger partial charge in [0.25, 0.3) is 0 Å². The van der Waals surface area contributed by atoms with Gasteiger partial charge in [-0.1, -0.05) is 18.2 Å². The maximum atomic E-state index is 12.5. The largest absolute Gasteiger partial charge is 0.391 e. The molecule has 0 spiro atoms. The third kappa shape index (κ3) is 3.48. The van der Waals surface area contributed by atoms with Crippen LogP contribution in [0.15, 0.2) is 36.5 Å². The molecule has 0 aliphatic carbocycles. The normalized spacial score (nSPS) is 22.6. The van der Waals surface area contributed by atoms with Crippen LogP contribution in [0.4, 0.5) is 4.79 Å². The number of imide groups is 1. The topological polar surface area (TPSA) is 103 Å². The first-order valence-corrected chi connectivity index (χ1v) is 8.88. The molecule has 2 N–H and O–H groups in total. The number of aliphatic hydroxyl groups is 1. The van der Waals surface area contributed by atoms with E-state index in [1.54, 1.807) is 11.1 Å². The Bertz CT molecular complexity index is 910. The second-order valence-corrected chi connectivity index (χ2v) is 7.03. The predicted octanol–water partition coefficient (Wildman–Crippen LogP) is 0.148. The van der Waals surface area contributed by atoms with Gasteiger partial charge in [-0.15, -0.1) is 0 Å². The number of nitrogens with zero attached hydrogens (tertiary/aromatic N) is 3. The molecule has 0 unspecified atom stereocenters. The summed E-state index contributed by atoms with van der Waals surface area (Å²) in [5, 5.41) is 13.6. The van der Waals surface area contributed by atoms with E-state index in [2.05, 4.69) is 10.3 Å². The number of hydrogen-bond donors (Lipinski definition) is 2. The lowest BCUT2D eigenvalue weighted by atomic mass is 9.94. The summed E-state index contributed by atoms with van der Waals surface area (Å²) in [6.45, 7) is 0.387. The summed E-state index contributed by atoms with van der Waals surface area (Å²) in [7, 11) is 0. The first-order valence-electron chi connectivity index (χ1n) is 8.88. The summed E-state index contributed by atoms with van der Waals surface area (Å²) < 4.78 is 0. The molecule has 8 nitrogen and oxygen atoms in total. The van der Waals surface area contributed by atoms with Crippen molar-refractivity contribution in [2.75, 3.05) is 26.2 Å². The highest BCUT2D eigenvalue weighted by Gasteiger charge is 2.36. The zero-order chi connectivity index (χ0) is 19.0. The molecule has 0 saturated carbocycles. The summed E-state index contributed by atoms with van der Waals surface area (Å²) in [6, 6.07) is 9.24.